The zero-order chi connectivity index (χ0) is 14.9. The number of benzene rings is 1. The standard InChI is InChI=1S/C17H20N4/c1-17(2,3)21-12-13(10-20-21)9-19-16-6-4-5-14-11-18-8-7-15(14)16/h4-8,10-12,19H,9H2,1-3H3. The largest absolute Gasteiger partial charge is 0.380 e. The Bertz CT molecular complexity index is 747. The van der Waals surface area contributed by atoms with Crippen molar-refractivity contribution in [1.82, 2.24) is 14.8 Å². The summed E-state index contributed by atoms with van der Waals surface area (Å²) in [7, 11) is 0. The van der Waals surface area contributed by atoms with Crippen LogP contribution in [-0.2, 0) is 12.1 Å². The second kappa shape index (κ2) is 5.20. The van der Waals surface area contributed by atoms with Gasteiger partial charge in [0.05, 0.1) is 11.7 Å². The molecule has 3 aromatic rings. The Morgan fingerprint density at radius 1 is 1.14 bits per heavy atom. The van der Waals surface area contributed by atoms with E-state index >= 15 is 0 Å². The number of pyridine rings is 1. The molecule has 0 unspecified atom stereocenters. The first-order valence-electron chi connectivity index (χ1n) is 7.15. The molecule has 0 saturated heterocycles. The number of nitrogens with one attached hydrogen (secondary N) is 1. The molecule has 3 rings (SSSR count). The van der Waals surface area contributed by atoms with Crippen molar-refractivity contribution in [2.45, 2.75) is 32.9 Å². The first kappa shape index (κ1) is 13.6. The summed E-state index contributed by atoms with van der Waals surface area (Å²) in [5.74, 6) is 0. The average Bonchev–Trinajstić information content (AvgIpc) is 2.94. The third-order valence-corrected chi connectivity index (χ3v) is 3.49. The van der Waals surface area contributed by atoms with E-state index < -0.39 is 0 Å². The fourth-order valence-electron chi connectivity index (χ4n) is 2.29. The highest BCUT2D eigenvalue weighted by molar-refractivity contribution is 5.93. The van der Waals surface area contributed by atoms with Crippen LogP contribution in [-0.4, -0.2) is 14.8 Å². The summed E-state index contributed by atoms with van der Waals surface area (Å²) in [6.07, 6.45) is 7.73. The quantitative estimate of drug-likeness (QED) is 0.793. The summed E-state index contributed by atoms with van der Waals surface area (Å²) in [6.45, 7) is 7.20. The second-order valence-corrected chi connectivity index (χ2v) is 6.22. The fourth-order valence-corrected chi connectivity index (χ4v) is 2.29. The van der Waals surface area contributed by atoms with Crippen LogP contribution in [0.5, 0.6) is 0 Å². The van der Waals surface area contributed by atoms with Crippen molar-refractivity contribution in [3.05, 3.63) is 54.6 Å². The van der Waals surface area contributed by atoms with Crippen molar-refractivity contribution >= 4 is 16.5 Å². The lowest BCUT2D eigenvalue weighted by Gasteiger charge is -2.18. The minimum absolute atomic E-state index is 0.0172. The molecule has 0 saturated carbocycles. The lowest BCUT2D eigenvalue weighted by atomic mass is 10.1. The third-order valence-electron chi connectivity index (χ3n) is 3.49. The normalized spacial score (nSPS) is 11.8. The van der Waals surface area contributed by atoms with E-state index in [1.807, 2.05) is 35.4 Å². The summed E-state index contributed by atoms with van der Waals surface area (Å²) in [4.78, 5) is 4.16. The molecule has 2 heterocycles. The van der Waals surface area contributed by atoms with Crippen LogP contribution in [0.25, 0.3) is 10.8 Å². The Balaban J connectivity index is 1.79. The van der Waals surface area contributed by atoms with Gasteiger partial charge in [0.1, 0.15) is 0 Å². The molecule has 0 bridgehead atoms. The summed E-state index contributed by atoms with van der Waals surface area (Å²) in [5.41, 5.74) is 2.32. The van der Waals surface area contributed by atoms with E-state index in [0.29, 0.717) is 0 Å². The van der Waals surface area contributed by atoms with Crippen LogP contribution < -0.4 is 5.32 Å². The van der Waals surface area contributed by atoms with Gasteiger partial charge >= 0.3 is 0 Å². The van der Waals surface area contributed by atoms with Crippen LogP contribution in [0.4, 0.5) is 5.69 Å². The van der Waals surface area contributed by atoms with E-state index in [-0.39, 0.29) is 5.54 Å². The van der Waals surface area contributed by atoms with Crippen LogP contribution in [0.15, 0.2) is 49.1 Å². The number of fused-ring (bicyclic) bond motifs is 1. The fraction of sp³-hybridized carbons (Fsp3) is 0.294. The van der Waals surface area contributed by atoms with E-state index in [1.165, 1.54) is 10.9 Å². The van der Waals surface area contributed by atoms with Gasteiger partial charge < -0.3 is 5.32 Å². The molecule has 0 fully saturated rings. The molecule has 21 heavy (non-hydrogen) atoms. The van der Waals surface area contributed by atoms with E-state index in [4.69, 9.17) is 0 Å². The van der Waals surface area contributed by atoms with Gasteiger partial charge in [0.25, 0.3) is 0 Å². The number of anilines is 1. The Hall–Kier alpha value is -2.36. The predicted molar refractivity (Wildman–Crippen MR) is 86.3 cm³/mol. The molecule has 0 radical (unpaired) electrons. The van der Waals surface area contributed by atoms with Crippen molar-refractivity contribution in [2.24, 2.45) is 0 Å². The minimum atomic E-state index is 0.0172. The maximum absolute atomic E-state index is 4.43. The van der Waals surface area contributed by atoms with E-state index in [2.05, 4.69) is 54.5 Å². The first-order valence-corrected chi connectivity index (χ1v) is 7.15. The molecule has 0 aliphatic heterocycles. The summed E-state index contributed by atoms with van der Waals surface area (Å²) >= 11 is 0. The molecule has 0 amide bonds. The molecule has 2 aromatic heterocycles. The highest BCUT2D eigenvalue weighted by atomic mass is 15.3. The van der Waals surface area contributed by atoms with Crippen molar-refractivity contribution in [3.8, 4) is 0 Å². The van der Waals surface area contributed by atoms with Gasteiger partial charge in [-0.1, -0.05) is 12.1 Å². The van der Waals surface area contributed by atoms with Gasteiger partial charge in [0.15, 0.2) is 0 Å². The zero-order valence-corrected chi connectivity index (χ0v) is 12.7. The van der Waals surface area contributed by atoms with Crippen molar-refractivity contribution < 1.29 is 0 Å². The highest BCUT2D eigenvalue weighted by Gasteiger charge is 2.13. The number of rotatable bonds is 3. The van der Waals surface area contributed by atoms with Crippen LogP contribution in [0.2, 0.25) is 0 Å². The van der Waals surface area contributed by atoms with Gasteiger partial charge in [0, 0.05) is 47.2 Å². The van der Waals surface area contributed by atoms with Crippen molar-refractivity contribution in [3.63, 3.8) is 0 Å². The number of hydrogen-bond acceptors (Lipinski definition) is 3. The number of aromatic nitrogens is 3. The number of nitrogens with zero attached hydrogens (tertiary/aromatic N) is 3. The number of hydrogen-bond donors (Lipinski definition) is 1. The molecule has 108 valence electrons. The lowest BCUT2D eigenvalue weighted by molar-refractivity contribution is 0.355. The molecule has 1 aromatic carbocycles. The summed E-state index contributed by atoms with van der Waals surface area (Å²) in [6, 6.07) is 8.25. The predicted octanol–water partition coefficient (Wildman–Crippen LogP) is 3.80. The molecule has 0 spiro atoms. The molecular weight excluding hydrogens is 260 g/mol. The Kier molecular flexibility index (Phi) is 3.37. The molecular formula is C17H20N4. The molecule has 0 aliphatic rings. The Morgan fingerprint density at radius 3 is 2.76 bits per heavy atom. The highest BCUT2D eigenvalue weighted by Crippen LogP contribution is 2.23. The molecule has 0 aliphatic carbocycles. The average molecular weight is 280 g/mol. The van der Waals surface area contributed by atoms with Gasteiger partial charge in [-0.15, -0.1) is 0 Å². The van der Waals surface area contributed by atoms with Gasteiger partial charge in [0.2, 0.25) is 0 Å². The van der Waals surface area contributed by atoms with E-state index in [0.717, 1.165) is 17.6 Å². The van der Waals surface area contributed by atoms with Crippen molar-refractivity contribution in [2.75, 3.05) is 5.32 Å². The monoisotopic (exact) mass is 280 g/mol. The zero-order valence-electron chi connectivity index (χ0n) is 12.7. The van der Waals surface area contributed by atoms with Gasteiger partial charge in [-0.05, 0) is 32.9 Å². The van der Waals surface area contributed by atoms with E-state index in [9.17, 15) is 0 Å². The van der Waals surface area contributed by atoms with Gasteiger partial charge in [-0.2, -0.15) is 5.10 Å². The lowest BCUT2D eigenvalue weighted by Crippen LogP contribution is -2.21. The second-order valence-electron chi connectivity index (χ2n) is 6.22. The topological polar surface area (TPSA) is 42.7 Å². The Morgan fingerprint density at radius 2 is 2.00 bits per heavy atom. The van der Waals surface area contributed by atoms with Crippen LogP contribution >= 0.6 is 0 Å². The van der Waals surface area contributed by atoms with Crippen molar-refractivity contribution in [1.29, 1.82) is 0 Å². The molecule has 4 nitrogen and oxygen atoms in total. The van der Waals surface area contributed by atoms with E-state index in [1.54, 1.807) is 0 Å². The molecule has 4 heteroatoms. The maximum Gasteiger partial charge on any atom is 0.0543 e. The van der Waals surface area contributed by atoms with Gasteiger partial charge in [-0.25, -0.2) is 0 Å². The maximum atomic E-state index is 4.43. The SMILES string of the molecule is CC(C)(C)n1cc(CNc2cccc3cnccc23)cn1. The molecule has 1 N–H and O–H groups in total. The summed E-state index contributed by atoms with van der Waals surface area (Å²) < 4.78 is 2.00. The first-order chi connectivity index (χ1) is 10.0. The smallest absolute Gasteiger partial charge is 0.0543 e. The third kappa shape index (κ3) is 2.89. The molecule has 0 atom stereocenters. The summed E-state index contributed by atoms with van der Waals surface area (Å²) in [5, 5.41) is 10.3. The van der Waals surface area contributed by atoms with Crippen LogP contribution in [0, 0.1) is 0 Å². The Labute approximate surface area is 124 Å². The van der Waals surface area contributed by atoms with Crippen LogP contribution in [0.1, 0.15) is 26.3 Å². The van der Waals surface area contributed by atoms with Crippen LogP contribution in [0.3, 0.4) is 0 Å². The van der Waals surface area contributed by atoms with Gasteiger partial charge in [-0.3, -0.25) is 9.67 Å². The minimum Gasteiger partial charge on any atom is -0.380 e.